The molecule has 9 nitrogen and oxygen atoms in total. The summed E-state index contributed by atoms with van der Waals surface area (Å²) in [7, 11) is 5.35. The van der Waals surface area contributed by atoms with Gasteiger partial charge in [0, 0.05) is 24.5 Å². The Hall–Kier alpha value is -3.33. The van der Waals surface area contributed by atoms with Crippen LogP contribution in [0.15, 0.2) is 35.1 Å². The molecule has 0 saturated carbocycles. The lowest BCUT2D eigenvalue weighted by Gasteiger charge is -2.19. The lowest BCUT2D eigenvalue weighted by Crippen LogP contribution is -2.29. The molecule has 0 spiro atoms. The fourth-order valence-electron chi connectivity index (χ4n) is 3.81. The van der Waals surface area contributed by atoms with Gasteiger partial charge in [-0.15, -0.1) is 0 Å². The Morgan fingerprint density at radius 2 is 2.03 bits per heavy atom. The molecule has 0 unspecified atom stereocenters. The largest absolute Gasteiger partial charge is 0.464 e. The SMILES string of the molecule is COC(=O)c1c(NC(=O)c2ccco2)c2cc(N[C@@H](C)CN(C)C)cnc2n1CCC(C)C. The second kappa shape index (κ2) is 10.5. The lowest BCUT2D eigenvalue weighted by atomic mass is 10.1. The highest BCUT2D eigenvalue weighted by Gasteiger charge is 2.27. The van der Waals surface area contributed by atoms with Crippen LogP contribution in [0.5, 0.6) is 0 Å². The van der Waals surface area contributed by atoms with Crippen molar-refractivity contribution in [3.63, 3.8) is 0 Å². The van der Waals surface area contributed by atoms with Gasteiger partial charge in [-0.2, -0.15) is 0 Å². The fraction of sp³-hybridized carbons (Fsp3) is 0.458. The van der Waals surface area contributed by atoms with Gasteiger partial charge in [0.15, 0.2) is 11.5 Å². The van der Waals surface area contributed by atoms with Crippen LogP contribution < -0.4 is 10.6 Å². The Bertz CT molecular complexity index is 1100. The number of nitrogens with one attached hydrogen (secondary N) is 2. The van der Waals surface area contributed by atoms with E-state index in [9.17, 15) is 9.59 Å². The Morgan fingerprint density at radius 3 is 2.64 bits per heavy atom. The number of furan rings is 1. The third kappa shape index (κ3) is 5.73. The fourth-order valence-corrected chi connectivity index (χ4v) is 3.81. The first-order valence-corrected chi connectivity index (χ1v) is 11.1. The Kier molecular flexibility index (Phi) is 7.75. The van der Waals surface area contributed by atoms with Gasteiger partial charge in [0.05, 0.1) is 30.9 Å². The summed E-state index contributed by atoms with van der Waals surface area (Å²) in [6, 6.07) is 5.28. The van der Waals surface area contributed by atoms with Crippen molar-refractivity contribution in [3.05, 3.63) is 42.1 Å². The molecule has 178 valence electrons. The zero-order valence-electron chi connectivity index (χ0n) is 20.1. The highest BCUT2D eigenvalue weighted by Crippen LogP contribution is 2.33. The molecule has 1 atom stereocenters. The molecule has 1 amide bonds. The number of carbonyl (C=O) groups is 2. The predicted molar refractivity (Wildman–Crippen MR) is 129 cm³/mol. The average Bonchev–Trinajstić information content (AvgIpc) is 3.38. The minimum Gasteiger partial charge on any atom is -0.464 e. The van der Waals surface area contributed by atoms with Gasteiger partial charge in [0.2, 0.25) is 0 Å². The van der Waals surface area contributed by atoms with E-state index in [1.165, 1.54) is 13.4 Å². The molecule has 3 aromatic heterocycles. The number of aryl methyl sites for hydroxylation is 1. The number of nitrogens with zero attached hydrogens (tertiary/aromatic N) is 3. The van der Waals surface area contributed by atoms with Crippen LogP contribution in [-0.4, -0.2) is 60.1 Å². The molecule has 0 radical (unpaired) electrons. The van der Waals surface area contributed by atoms with Crippen LogP contribution in [0.1, 0.15) is 48.2 Å². The van der Waals surface area contributed by atoms with Gasteiger partial charge in [-0.1, -0.05) is 13.8 Å². The molecule has 0 aliphatic carbocycles. The summed E-state index contributed by atoms with van der Waals surface area (Å²) in [4.78, 5) is 32.4. The minimum atomic E-state index is -0.540. The molecule has 3 rings (SSSR count). The molecule has 0 aliphatic heterocycles. The van der Waals surface area contributed by atoms with Gasteiger partial charge in [-0.25, -0.2) is 9.78 Å². The minimum absolute atomic E-state index is 0.149. The summed E-state index contributed by atoms with van der Waals surface area (Å²) in [6.07, 6.45) is 4.01. The van der Waals surface area contributed by atoms with Crippen molar-refractivity contribution in [2.45, 2.75) is 39.8 Å². The van der Waals surface area contributed by atoms with Gasteiger partial charge in [-0.05, 0) is 51.6 Å². The molecule has 0 bridgehead atoms. The van der Waals surface area contributed by atoms with Crippen molar-refractivity contribution < 1.29 is 18.7 Å². The summed E-state index contributed by atoms with van der Waals surface area (Å²) in [5, 5.41) is 6.95. The molecule has 3 heterocycles. The second-order valence-corrected chi connectivity index (χ2v) is 8.88. The van der Waals surface area contributed by atoms with E-state index in [0.717, 1.165) is 18.7 Å². The molecule has 0 saturated heterocycles. The molecule has 3 aromatic rings. The maximum atomic E-state index is 12.9. The summed E-state index contributed by atoms with van der Waals surface area (Å²) < 4.78 is 12.1. The van der Waals surface area contributed by atoms with Crippen LogP contribution >= 0.6 is 0 Å². The molecule has 0 aliphatic rings. The predicted octanol–water partition coefficient (Wildman–Crippen LogP) is 4.08. The van der Waals surface area contributed by atoms with Crippen molar-refractivity contribution in [2.24, 2.45) is 5.92 Å². The number of methoxy groups -OCH3 is 1. The van der Waals surface area contributed by atoms with Crippen molar-refractivity contribution in [2.75, 3.05) is 38.4 Å². The molecule has 2 N–H and O–H groups in total. The maximum Gasteiger partial charge on any atom is 0.356 e. The standard InChI is InChI=1S/C24H33N5O4/c1-15(2)9-10-29-21(24(31)32-6)20(27-23(30)19-8-7-11-33-19)18-12-17(13-25-22(18)29)26-16(3)14-28(4)5/h7-8,11-13,15-16,26H,9-10,14H2,1-6H3,(H,27,30)/t16-/m0/s1. The monoisotopic (exact) mass is 455 g/mol. The van der Waals surface area contributed by atoms with Crippen LogP contribution in [0, 0.1) is 5.92 Å². The number of aromatic nitrogens is 2. The van der Waals surface area contributed by atoms with Crippen molar-refractivity contribution >= 4 is 34.3 Å². The third-order valence-corrected chi connectivity index (χ3v) is 5.24. The van der Waals surface area contributed by atoms with E-state index in [1.807, 2.05) is 24.7 Å². The molecule has 9 heteroatoms. The number of amides is 1. The number of carbonyl (C=O) groups excluding carboxylic acids is 2. The summed E-state index contributed by atoms with van der Waals surface area (Å²) in [5.41, 5.74) is 2.02. The van der Waals surface area contributed by atoms with E-state index < -0.39 is 11.9 Å². The second-order valence-electron chi connectivity index (χ2n) is 8.88. The Morgan fingerprint density at radius 1 is 1.27 bits per heavy atom. The van der Waals surface area contributed by atoms with E-state index in [4.69, 9.17) is 9.15 Å². The smallest absolute Gasteiger partial charge is 0.356 e. The molecular formula is C24H33N5O4. The number of fused-ring (bicyclic) bond motifs is 1. The highest BCUT2D eigenvalue weighted by atomic mass is 16.5. The van der Waals surface area contributed by atoms with Crippen molar-refractivity contribution in [3.8, 4) is 0 Å². The van der Waals surface area contributed by atoms with Gasteiger partial charge in [0.1, 0.15) is 5.65 Å². The van der Waals surface area contributed by atoms with E-state index >= 15 is 0 Å². The first kappa shape index (κ1) is 24.3. The lowest BCUT2D eigenvalue weighted by molar-refractivity contribution is 0.0589. The Balaban J connectivity index is 2.12. The maximum absolute atomic E-state index is 12.9. The van der Waals surface area contributed by atoms with E-state index in [1.54, 1.807) is 18.3 Å². The summed E-state index contributed by atoms with van der Waals surface area (Å²) in [6.45, 7) is 7.71. The molecule has 33 heavy (non-hydrogen) atoms. The molecule has 0 aromatic carbocycles. The van der Waals surface area contributed by atoms with E-state index in [-0.39, 0.29) is 17.5 Å². The molecular weight excluding hydrogens is 422 g/mol. The Labute approximate surface area is 194 Å². The van der Waals surface area contributed by atoms with E-state index in [0.29, 0.717) is 29.2 Å². The van der Waals surface area contributed by atoms with Crippen LogP contribution in [-0.2, 0) is 11.3 Å². The van der Waals surface area contributed by atoms with Crippen LogP contribution in [0.4, 0.5) is 11.4 Å². The van der Waals surface area contributed by atoms with Gasteiger partial charge >= 0.3 is 5.97 Å². The number of pyridine rings is 1. The first-order valence-electron chi connectivity index (χ1n) is 11.1. The zero-order chi connectivity index (χ0) is 24.1. The summed E-state index contributed by atoms with van der Waals surface area (Å²) in [5.74, 6) is -0.424. The number of hydrogen-bond acceptors (Lipinski definition) is 7. The topological polar surface area (TPSA) is 102 Å². The number of ether oxygens (including phenoxy) is 1. The van der Waals surface area contributed by atoms with Crippen molar-refractivity contribution in [1.29, 1.82) is 0 Å². The van der Waals surface area contributed by atoms with Crippen LogP contribution in [0.2, 0.25) is 0 Å². The third-order valence-electron chi connectivity index (χ3n) is 5.24. The normalized spacial score (nSPS) is 12.4. The number of anilines is 2. The average molecular weight is 456 g/mol. The number of hydrogen-bond donors (Lipinski definition) is 2. The quantitative estimate of drug-likeness (QED) is 0.444. The number of likely N-dealkylation sites (N-methyl/N-ethyl adjacent to an activating group) is 1. The summed E-state index contributed by atoms with van der Waals surface area (Å²) >= 11 is 0. The van der Waals surface area contributed by atoms with Crippen LogP contribution in [0.25, 0.3) is 11.0 Å². The van der Waals surface area contributed by atoms with Crippen molar-refractivity contribution in [1.82, 2.24) is 14.5 Å². The highest BCUT2D eigenvalue weighted by molar-refractivity contribution is 6.14. The number of esters is 1. The van der Waals surface area contributed by atoms with Gasteiger partial charge in [0.25, 0.3) is 5.91 Å². The van der Waals surface area contributed by atoms with E-state index in [2.05, 4.69) is 41.3 Å². The molecule has 0 fully saturated rings. The van der Waals surface area contributed by atoms with Crippen LogP contribution in [0.3, 0.4) is 0 Å². The first-order chi connectivity index (χ1) is 15.7. The van der Waals surface area contributed by atoms with Gasteiger partial charge < -0.3 is 29.3 Å². The number of rotatable bonds is 10. The van der Waals surface area contributed by atoms with Gasteiger partial charge in [-0.3, -0.25) is 4.79 Å². The zero-order valence-corrected chi connectivity index (χ0v) is 20.1.